The smallest absolute Gasteiger partial charge is 0.106 e. The Hall–Kier alpha value is -0.610. The molecule has 86 valence electrons. The van der Waals surface area contributed by atoms with Crippen molar-refractivity contribution in [3.63, 3.8) is 0 Å². The van der Waals surface area contributed by atoms with Gasteiger partial charge in [-0.15, -0.1) is 0 Å². The molecule has 0 saturated heterocycles. The van der Waals surface area contributed by atoms with E-state index in [2.05, 4.69) is 28.2 Å². The Morgan fingerprint density at radius 2 is 2.25 bits per heavy atom. The van der Waals surface area contributed by atoms with Gasteiger partial charge in [-0.25, -0.2) is 0 Å². The minimum Gasteiger partial charge on any atom is -0.389 e. The van der Waals surface area contributed by atoms with Crippen molar-refractivity contribution in [2.45, 2.75) is 19.8 Å². The van der Waals surface area contributed by atoms with Gasteiger partial charge in [0.1, 0.15) is 4.99 Å². The minimum absolute atomic E-state index is 0.435. The Bertz CT molecular complexity index is 427. The topological polar surface area (TPSA) is 38.0 Å². The second-order valence-electron chi connectivity index (χ2n) is 4.72. The zero-order chi connectivity index (χ0) is 11.8. The highest BCUT2D eigenvalue weighted by molar-refractivity contribution is 9.10. The lowest BCUT2D eigenvalue weighted by Crippen LogP contribution is -2.17. The summed E-state index contributed by atoms with van der Waals surface area (Å²) in [5.74, 6) is 0. The number of thiocarbonyl (C=S) groups is 1. The zero-order valence-corrected chi connectivity index (χ0v) is 11.6. The minimum atomic E-state index is 0.435. The number of nitrogens with one attached hydrogen (secondary N) is 1. The average molecular weight is 299 g/mol. The van der Waals surface area contributed by atoms with Crippen molar-refractivity contribution in [1.29, 1.82) is 0 Å². The summed E-state index contributed by atoms with van der Waals surface area (Å²) in [6.45, 7) is 3.28. The molecule has 4 heteroatoms. The van der Waals surface area contributed by atoms with E-state index in [9.17, 15) is 0 Å². The molecule has 0 amide bonds. The lowest BCUT2D eigenvalue weighted by atomic mass is 10.1. The van der Waals surface area contributed by atoms with Gasteiger partial charge in [-0.2, -0.15) is 0 Å². The molecule has 1 aliphatic rings. The number of hydrogen-bond acceptors (Lipinski definition) is 2. The summed E-state index contributed by atoms with van der Waals surface area (Å²) in [5.41, 5.74) is 8.12. The molecule has 0 unspecified atom stereocenters. The first kappa shape index (κ1) is 11.9. The van der Waals surface area contributed by atoms with Gasteiger partial charge in [0.05, 0.1) is 0 Å². The molecule has 3 N–H and O–H groups in total. The fourth-order valence-corrected chi connectivity index (χ4v) is 2.10. The highest BCUT2D eigenvalue weighted by atomic mass is 79.9. The zero-order valence-electron chi connectivity index (χ0n) is 9.22. The Kier molecular flexibility index (Phi) is 3.22. The van der Waals surface area contributed by atoms with Gasteiger partial charge in [-0.05, 0) is 36.5 Å². The van der Waals surface area contributed by atoms with Gasteiger partial charge >= 0.3 is 0 Å². The quantitative estimate of drug-likeness (QED) is 0.838. The maximum Gasteiger partial charge on any atom is 0.106 e. The van der Waals surface area contributed by atoms with Gasteiger partial charge in [0, 0.05) is 22.3 Å². The van der Waals surface area contributed by atoms with Crippen molar-refractivity contribution in [3.05, 3.63) is 28.2 Å². The molecule has 0 atom stereocenters. The second-order valence-corrected chi connectivity index (χ2v) is 6.07. The molecule has 2 rings (SSSR count). The molecule has 1 saturated carbocycles. The van der Waals surface area contributed by atoms with E-state index in [0.717, 1.165) is 22.3 Å². The molecule has 0 aromatic heterocycles. The lowest BCUT2D eigenvalue weighted by molar-refractivity contribution is 0.611. The molecule has 0 radical (unpaired) electrons. The first-order valence-corrected chi connectivity index (χ1v) is 6.54. The van der Waals surface area contributed by atoms with Crippen LogP contribution in [-0.2, 0) is 0 Å². The molecular weight excluding hydrogens is 284 g/mol. The lowest BCUT2D eigenvalue weighted by Gasteiger charge is -2.14. The Morgan fingerprint density at radius 1 is 1.56 bits per heavy atom. The summed E-state index contributed by atoms with van der Waals surface area (Å²) >= 11 is 8.47. The van der Waals surface area contributed by atoms with E-state index in [1.54, 1.807) is 0 Å². The summed E-state index contributed by atoms with van der Waals surface area (Å²) in [6, 6.07) is 5.98. The molecule has 0 aliphatic heterocycles. The van der Waals surface area contributed by atoms with Crippen molar-refractivity contribution in [3.8, 4) is 0 Å². The average Bonchev–Trinajstić information content (AvgIpc) is 2.95. The van der Waals surface area contributed by atoms with E-state index in [4.69, 9.17) is 18.0 Å². The predicted molar refractivity (Wildman–Crippen MR) is 75.9 cm³/mol. The highest BCUT2D eigenvalue weighted by Crippen LogP contribution is 2.44. The van der Waals surface area contributed by atoms with E-state index in [1.165, 1.54) is 12.8 Å². The van der Waals surface area contributed by atoms with Crippen LogP contribution >= 0.6 is 28.1 Å². The van der Waals surface area contributed by atoms with Gasteiger partial charge in [-0.3, -0.25) is 0 Å². The van der Waals surface area contributed by atoms with Crippen LogP contribution in [0.5, 0.6) is 0 Å². The third-order valence-corrected chi connectivity index (χ3v) is 3.77. The highest BCUT2D eigenvalue weighted by Gasteiger charge is 2.36. The largest absolute Gasteiger partial charge is 0.389 e. The van der Waals surface area contributed by atoms with Crippen LogP contribution in [0.2, 0.25) is 0 Å². The molecule has 0 spiro atoms. The number of halogens is 1. The molecule has 1 fully saturated rings. The summed E-state index contributed by atoms with van der Waals surface area (Å²) in [6.07, 6.45) is 2.61. The third-order valence-electron chi connectivity index (χ3n) is 3.06. The standard InChI is InChI=1S/C12H15BrN2S/c1-12(4-5-12)7-15-10-3-2-8(13)6-9(10)11(14)16/h2-3,6,15H,4-5,7H2,1H3,(H2,14,16). The molecule has 16 heavy (non-hydrogen) atoms. The van der Waals surface area contributed by atoms with Gasteiger partial charge in [0.2, 0.25) is 0 Å². The number of benzene rings is 1. The fraction of sp³-hybridized carbons (Fsp3) is 0.417. The third kappa shape index (κ3) is 2.74. The molecule has 0 heterocycles. The van der Waals surface area contributed by atoms with Gasteiger partial charge in [0.25, 0.3) is 0 Å². The molecule has 1 aliphatic carbocycles. The second kappa shape index (κ2) is 4.34. The molecule has 1 aromatic rings. The van der Waals surface area contributed by atoms with E-state index in [-0.39, 0.29) is 0 Å². The maximum atomic E-state index is 5.71. The Labute approximate surface area is 110 Å². The summed E-state index contributed by atoms with van der Waals surface area (Å²) in [5, 5.41) is 3.44. The predicted octanol–water partition coefficient (Wildman–Crippen LogP) is 3.30. The normalized spacial score (nSPS) is 16.9. The molecule has 2 nitrogen and oxygen atoms in total. The van der Waals surface area contributed by atoms with Crippen LogP contribution < -0.4 is 11.1 Å². The SMILES string of the molecule is CC1(CNc2ccc(Br)cc2C(N)=S)CC1. The summed E-state index contributed by atoms with van der Waals surface area (Å²) in [4.78, 5) is 0.435. The first-order chi connectivity index (χ1) is 7.50. The number of anilines is 1. The van der Waals surface area contributed by atoms with E-state index >= 15 is 0 Å². The van der Waals surface area contributed by atoms with Gasteiger partial charge < -0.3 is 11.1 Å². The van der Waals surface area contributed by atoms with Crippen molar-refractivity contribution in [2.24, 2.45) is 11.1 Å². The monoisotopic (exact) mass is 298 g/mol. The fourth-order valence-electron chi connectivity index (χ4n) is 1.57. The summed E-state index contributed by atoms with van der Waals surface area (Å²) in [7, 11) is 0. The molecule has 0 bridgehead atoms. The maximum absolute atomic E-state index is 5.71. The van der Waals surface area contributed by atoms with Crippen molar-refractivity contribution >= 4 is 38.8 Å². The Morgan fingerprint density at radius 3 is 2.81 bits per heavy atom. The van der Waals surface area contributed by atoms with E-state index in [1.807, 2.05) is 18.2 Å². The van der Waals surface area contributed by atoms with Crippen LogP contribution in [0.3, 0.4) is 0 Å². The number of hydrogen-bond donors (Lipinski definition) is 2. The van der Waals surface area contributed by atoms with Crippen molar-refractivity contribution in [2.75, 3.05) is 11.9 Å². The van der Waals surface area contributed by atoms with Crippen LogP contribution in [0.1, 0.15) is 25.3 Å². The van der Waals surface area contributed by atoms with Gasteiger partial charge in [-0.1, -0.05) is 35.1 Å². The molecule has 1 aromatic carbocycles. The van der Waals surface area contributed by atoms with Crippen molar-refractivity contribution < 1.29 is 0 Å². The van der Waals surface area contributed by atoms with E-state index in [0.29, 0.717) is 10.4 Å². The Balaban J connectivity index is 2.15. The summed E-state index contributed by atoms with van der Waals surface area (Å²) < 4.78 is 0.999. The van der Waals surface area contributed by atoms with E-state index < -0.39 is 0 Å². The van der Waals surface area contributed by atoms with Crippen LogP contribution in [-0.4, -0.2) is 11.5 Å². The molecular formula is C12H15BrN2S. The van der Waals surface area contributed by atoms with Gasteiger partial charge in [0.15, 0.2) is 0 Å². The van der Waals surface area contributed by atoms with Crippen LogP contribution in [0, 0.1) is 5.41 Å². The van der Waals surface area contributed by atoms with Crippen LogP contribution in [0.15, 0.2) is 22.7 Å². The van der Waals surface area contributed by atoms with Crippen molar-refractivity contribution in [1.82, 2.24) is 0 Å². The van der Waals surface area contributed by atoms with Crippen LogP contribution in [0.25, 0.3) is 0 Å². The number of nitrogens with two attached hydrogens (primary N) is 1. The number of rotatable bonds is 4. The van der Waals surface area contributed by atoms with Crippen LogP contribution in [0.4, 0.5) is 5.69 Å². The first-order valence-electron chi connectivity index (χ1n) is 5.33.